The summed E-state index contributed by atoms with van der Waals surface area (Å²) in [5.41, 5.74) is 0.802. The molecule has 4 heteroatoms. The first-order valence-corrected chi connectivity index (χ1v) is 5.10. The molecule has 1 aliphatic rings. The van der Waals surface area contributed by atoms with E-state index in [4.69, 9.17) is 0 Å². The van der Waals surface area contributed by atoms with Crippen LogP contribution in [-0.4, -0.2) is 28.0 Å². The monoisotopic (exact) mass is 256 g/mol. The molecule has 1 fully saturated rings. The minimum absolute atomic E-state index is 0.107. The van der Waals surface area contributed by atoms with Gasteiger partial charge in [-0.3, -0.25) is 0 Å². The van der Waals surface area contributed by atoms with Gasteiger partial charge in [0.15, 0.2) is 0 Å². The van der Waals surface area contributed by atoms with Crippen LogP contribution in [0, 0.1) is 0 Å². The van der Waals surface area contributed by atoms with E-state index in [0.717, 1.165) is 5.56 Å². The molecule has 14 heavy (non-hydrogen) atoms. The van der Waals surface area contributed by atoms with Gasteiger partial charge in [0.05, 0.1) is 0 Å². The number of benzene rings is 1. The van der Waals surface area contributed by atoms with Gasteiger partial charge in [0.25, 0.3) is 0 Å². The van der Waals surface area contributed by atoms with Gasteiger partial charge >= 0.3 is 88.9 Å². The molecule has 1 saturated heterocycles. The molecule has 2 rings (SSSR count). The molecule has 1 aromatic rings. The van der Waals surface area contributed by atoms with E-state index < -0.39 is 16.3 Å². The van der Waals surface area contributed by atoms with Crippen molar-refractivity contribution in [2.75, 3.05) is 0 Å². The fourth-order valence-electron chi connectivity index (χ4n) is 1.44. The fraction of sp³-hybridized carbons (Fsp3) is 0.200. The quantitative estimate of drug-likeness (QED) is 0.410. The van der Waals surface area contributed by atoms with Crippen LogP contribution in [0.3, 0.4) is 0 Å². The second-order valence-electron chi connectivity index (χ2n) is 3.16. The summed E-state index contributed by atoms with van der Waals surface area (Å²) in [6, 6.07) is 9.17. The molecule has 1 atom stereocenters. The molecule has 0 saturated carbocycles. The Morgan fingerprint density at radius 2 is 1.86 bits per heavy atom. The van der Waals surface area contributed by atoms with Gasteiger partial charge in [-0.1, -0.05) is 0 Å². The Morgan fingerprint density at radius 3 is 2.36 bits per heavy atom. The molecule has 1 aromatic carbocycles. The fourth-order valence-corrected chi connectivity index (χ4v) is 2.12. The van der Waals surface area contributed by atoms with Gasteiger partial charge in [-0.2, -0.15) is 0 Å². The van der Waals surface area contributed by atoms with E-state index in [1.54, 1.807) is 0 Å². The Labute approximate surface area is 89.3 Å². The van der Waals surface area contributed by atoms with Crippen molar-refractivity contribution >= 4 is 28.0 Å². The summed E-state index contributed by atoms with van der Waals surface area (Å²) < 4.78 is 3.68. The van der Waals surface area contributed by atoms with Crippen molar-refractivity contribution in [2.45, 2.75) is 10.7 Å². The summed E-state index contributed by atoms with van der Waals surface area (Å²) in [5.74, 6) is -0.937. The van der Waals surface area contributed by atoms with Crippen molar-refractivity contribution in [1.82, 2.24) is 0 Å². The van der Waals surface area contributed by atoms with Crippen LogP contribution in [0.1, 0.15) is 12.0 Å². The number of carbonyl (C=O) groups excluding carboxylic acids is 2. The molecule has 0 spiro atoms. The minimum atomic E-state index is -0.856. The molecule has 1 heterocycles. The van der Waals surface area contributed by atoms with E-state index in [-0.39, 0.29) is 6.42 Å². The Balaban J connectivity index is 2.43. The third-order valence-electron chi connectivity index (χ3n) is 2.20. The maximum atomic E-state index is 11.4. The predicted octanol–water partition coefficient (Wildman–Crippen LogP) is 0.256. The zero-order valence-electron chi connectivity index (χ0n) is 7.27. The first-order chi connectivity index (χ1) is 6.63. The van der Waals surface area contributed by atoms with E-state index in [1.165, 1.54) is 0 Å². The number of carbonyl (C=O) groups is 2. The Kier molecular flexibility index (Phi) is 2.17. The summed E-state index contributed by atoms with van der Waals surface area (Å²) in [5, 5.41) is 0. The van der Waals surface area contributed by atoms with Crippen LogP contribution in [0.5, 0.6) is 0 Å². The Bertz CT molecular complexity index is 388. The average Bonchev–Trinajstić information content (AvgIpc) is 2.43. The van der Waals surface area contributed by atoms with Crippen LogP contribution < -0.4 is 0 Å². The van der Waals surface area contributed by atoms with Crippen molar-refractivity contribution in [2.24, 2.45) is 0 Å². The van der Waals surface area contributed by atoms with Crippen molar-refractivity contribution in [1.29, 1.82) is 0 Å². The second-order valence-corrected chi connectivity index (χ2v) is 4.77. The first-order valence-electron chi connectivity index (χ1n) is 4.16. The van der Waals surface area contributed by atoms with E-state index >= 15 is 0 Å². The molecular weight excluding hydrogens is 247 g/mol. The Hall–Kier alpha value is -1.12. The standard InChI is InChI=1S/C10H8O3Se/c11-8-6-10(14,9(12)13-8)7-4-2-1-3-5-7/h1-5,14H,6H2. The van der Waals surface area contributed by atoms with Crippen molar-refractivity contribution in [3.8, 4) is 0 Å². The van der Waals surface area contributed by atoms with Gasteiger partial charge in [-0.15, -0.1) is 0 Å². The summed E-state index contributed by atoms with van der Waals surface area (Å²) in [4.78, 5) is 22.4. The second kappa shape index (κ2) is 3.23. The molecule has 72 valence electrons. The number of rotatable bonds is 1. The summed E-state index contributed by atoms with van der Waals surface area (Å²) in [7, 11) is 0. The van der Waals surface area contributed by atoms with Crippen LogP contribution in [-0.2, 0) is 18.6 Å². The molecule has 0 bridgehead atoms. The number of esters is 2. The number of cyclic esters (lactones) is 2. The van der Waals surface area contributed by atoms with Crippen molar-refractivity contribution < 1.29 is 14.3 Å². The molecule has 1 unspecified atom stereocenters. The van der Waals surface area contributed by atoms with E-state index in [1.807, 2.05) is 30.3 Å². The van der Waals surface area contributed by atoms with Crippen molar-refractivity contribution in [3.63, 3.8) is 0 Å². The normalized spacial score (nSPS) is 26.4. The zero-order chi connectivity index (χ0) is 10.2. The van der Waals surface area contributed by atoms with Gasteiger partial charge in [0.2, 0.25) is 0 Å². The molecule has 3 nitrogen and oxygen atoms in total. The number of hydrogen-bond donors (Lipinski definition) is 0. The van der Waals surface area contributed by atoms with Gasteiger partial charge in [-0.25, -0.2) is 0 Å². The van der Waals surface area contributed by atoms with Crippen LogP contribution in [0.4, 0.5) is 0 Å². The molecular formula is C10H8O3Se. The topological polar surface area (TPSA) is 43.4 Å². The molecule has 0 aromatic heterocycles. The molecule has 0 aliphatic carbocycles. The summed E-state index contributed by atoms with van der Waals surface area (Å²) in [6.45, 7) is 0. The van der Waals surface area contributed by atoms with Crippen LogP contribution in [0.15, 0.2) is 30.3 Å². The van der Waals surface area contributed by atoms with Crippen LogP contribution in [0.25, 0.3) is 0 Å². The molecule has 0 radical (unpaired) electrons. The predicted molar refractivity (Wildman–Crippen MR) is 51.0 cm³/mol. The summed E-state index contributed by atoms with van der Waals surface area (Å²) in [6.07, 6.45) is 0.107. The van der Waals surface area contributed by atoms with Crippen LogP contribution in [0.2, 0.25) is 0 Å². The average molecular weight is 255 g/mol. The van der Waals surface area contributed by atoms with Crippen LogP contribution >= 0.6 is 0 Å². The maximum absolute atomic E-state index is 11.4. The molecule has 0 amide bonds. The SMILES string of the molecule is O=C1CC([SeH])(c2ccccc2)C(=O)O1. The third-order valence-corrected chi connectivity index (χ3v) is 3.45. The summed E-state index contributed by atoms with van der Waals surface area (Å²) >= 11 is 2.24. The van der Waals surface area contributed by atoms with Gasteiger partial charge in [-0.05, 0) is 0 Å². The van der Waals surface area contributed by atoms with Gasteiger partial charge in [0.1, 0.15) is 0 Å². The van der Waals surface area contributed by atoms with Gasteiger partial charge < -0.3 is 0 Å². The van der Waals surface area contributed by atoms with E-state index in [9.17, 15) is 9.59 Å². The Morgan fingerprint density at radius 1 is 1.21 bits per heavy atom. The van der Waals surface area contributed by atoms with Gasteiger partial charge in [0, 0.05) is 0 Å². The van der Waals surface area contributed by atoms with E-state index in [2.05, 4.69) is 20.7 Å². The van der Waals surface area contributed by atoms with E-state index in [0.29, 0.717) is 0 Å². The first kappa shape index (κ1) is 9.44. The molecule has 0 N–H and O–H groups in total. The zero-order valence-corrected chi connectivity index (χ0v) is 9.14. The van der Waals surface area contributed by atoms with Crippen molar-refractivity contribution in [3.05, 3.63) is 35.9 Å². The third kappa shape index (κ3) is 1.37. The number of hydrogen-bond acceptors (Lipinski definition) is 3. The molecule has 1 aliphatic heterocycles. The number of ether oxygens (including phenoxy) is 1.